The fraction of sp³-hybridized carbons (Fsp3) is 0.350. The lowest BCUT2D eigenvalue weighted by atomic mass is 9.84. The third kappa shape index (κ3) is 5.71. The molecule has 0 radical (unpaired) electrons. The van der Waals surface area contributed by atoms with Crippen LogP contribution >= 0.6 is 11.6 Å². The van der Waals surface area contributed by atoms with E-state index in [1.54, 1.807) is 18.2 Å². The van der Waals surface area contributed by atoms with Crippen LogP contribution in [0.2, 0.25) is 5.02 Å². The largest absolute Gasteiger partial charge is 0.354 e. The van der Waals surface area contributed by atoms with Gasteiger partial charge in [-0.2, -0.15) is 0 Å². The Morgan fingerprint density at radius 3 is 2.41 bits per heavy atom. The lowest BCUT2D eigenvalue weighted by Crippen LogP contribution is -2.44. The number of nitrogens with zero attached hydrogens (tertiary/aromatic N) is 1. The van der Waals surface area contributed by atoms with Gasteiger partial charge in [-0.15, -0.1) is 0 Å². The highest BCUT2D eigenvalue weighted by molar-refractivity contribution is 7.92. The second-order valence-corrected chi connectivity index (χ2v) is 9.57. The second kappa shape index (κ2) is 8.31. The smallest absolute Gasteiger partial charge is 0.240 e. The molecule has 0 aliphatic rings. The van der Waals surface area contributed by atoms with E-state index in [4.69, 9.17) is 11.6 Å². The minimum Gasteiger partial charge on any atom is -0.354 e. The summed E-state index contributed by atoms with van der Waals surface area (Å²) in [6.45, 7) is 5.89. The van der Waals surface area contributed by atoms with Crippen molar-refractivity contribution in [3.05, 3.63) is 64.7 Å². The van der Waals surface area contributed by atoms with E-state index in [2.05, 4.69) is 5.32 Å². The van der Waals surface area contributed by atoms with Gasteiger partial charge in [-0.3, -0.25) is 9.10 Å². The summed E-state index contributed by atoms with van der Waals surface area (Å²) in [7, 11) is -3.59. The van der Waals surface area contributed by atoms with Crippen molar-refractivity contribution in [2.45, 2.75) is 26.2 Å². The van der Waals surface area contributed by atoms with Crippen LogP contribution in [0.25, 0.3) is 0 Å². The van der Waals surface area contributed by atoms with Gasteiger partial charge in [0.25, 0.3) is 0 Å². The van der Waals surface area contributed by atoms with E-state index in [-0.39, 0.29) is 17.9 Å². The number of para-hydroxylation sites is 1. The van der Waals surface area contributed by atoms with Crippen molar-refractivity contribution in [2.75, 3.05) is 23.7 Å². The quantitative estimate of drug-likeness (QED) is 0.762. The molecule has 0 bridgehead atoms. The summed E-state index contributed by atoms with van der Waals surface area (Å²) in [4.78, 5) is 12.5. The van der Waals surface area contributed by atoms with Crippen molar-refractivity contribution >= 4 is 33.2 Å². The van der Waals surface area contributed by atoms with E-state index < -0.39 is 10.0 Å². The predicted octanol–water partition coefficient (Wildman–Crippen LogP) is 3.51. The normalized spacial score (nSPS) is 11.9. The highest BCUT2D eigenvalue weighted by Gasteiger charge is 2.25. The summed E-state index contributed by atoms with van der Waals surface area (Å²) in [5.41, 5.74) is 1.94. The zero-order chi connectivity index (χ0) is 20.2. The molecule has 0 aliphatic carbocycles. The minimum absolute atomic E-state index is 0.269. The number of carbonyl (C=O) groups excluding carboxylic acids is 1. The molecule has 2 rings (SSSR count). The summed E-state index contributed by atoms with van der Waals surface area (Å²) in [6, 6.07) is 14.6. The number of sulfonamides is 1. The summed E-state index contributed by atoms with van der Waals surface area (Å²) in [6.07, 6.45) is 1.10. The van der Waals surface area contributed by atoms with Crippen LogP contribution < -0.4 is 9.62 Å². The third-order valence-electron chi connectivity index (χ3n) is 4.41. The van der Waals surface area contributed by atoms with Crippen LogP contribution in [0.1, 0.15) is 25.0 Å². The van der Waals surface area contributed by atoms with Crippen molar-refractivity contribution in [1.29, 1.82) is 0 Å². The molecule has 0 unspecified atom stereocenters. The fourth-order valence-corrected chi connectivity index (χ4v) is 3.85. The second-order valence-electron chi connectivity index (χ2n) is 7.23. The van der Waals surface area contributed by atoms with E-state index in [1.807, 2.05) is 51.1 Å². The van der Waals surface area contributed by atoms with Crippen LogP contribution in [0, 0.1) is 6.92 Å². The van der Waals surface area contributed by atoms with E-state index in [0.29, 0.717) is 17.3 Å². The van der Waals surface area contributed by atoms with Gasteiger partial charge in [-0.25, -0.2) is 8.42 Å². The number of aryl methyl sites for hydroxylation is 1. The van der Waals surface area contributed by atoms with Crippen molar-refractivity contribution in [3.8, 4) is 0 Å². The summed E-state index contributed by atoms with van der Waals surface area (Å²) < 4.78 is 25.6. The molecule has 0 saturated carbocycles. The Labute approximate surface area is 166 Å². The molecule has 0 fully saturated rings. The number of nitrogens with one attached hydrogen (secondary N) is 1. The fourth-order valence-electron chi connectivity index (χ4n) is 2.74. The third-order valence-corrected chi connectivity index (χ3v) is 5.77. The molecule has 5 nitrogen and oxygen atoms in total. The number of amides is 1. The molecule has 0 atom stereocenters. The molecule has 0 heterocycles. The molecule has 7 heteroatoms. The molecule has 1 N–H and O–H groups in total. The van der Waals surface area contributed by atoms with Gasteiger partial charge in [-0.1, -0.05) is 55.8 Å². The predicted molar refractivity (Wildman–Crippen MR) is 111 cm³/mol. The van der Waals surface area contributed by atoms with E-state index in [1.165, 1.54) is 0 Å². The first kappa shape index (κ1) is 21.3. The molecular formula is C20H25ClN2O3S. The lowest BCUT2D eigenvalue weighted by molar-refractivity contribution is -0.119. The lowest BCUT2D eigenvalue weighted by Gasteiger charge is -2.27. The standard InChI is InChI=1S/C20H25ClN2O3S/c1-15-8-5-6-11-18(15)23(27(4,25)26)13-19(24)22-14-20(2,3)16-9-7-10-17(21)12-16/h5-12H,13-14H2,1-4H3,(H,22,24). The Bertz CT molecular complexity index is 926. The summed E-state index contributed by atoms with van der Waals surface area (Å²) >= 11 is 6.05. The highest BCUT2D eigenvalue weighted by Crippen LogP contribution is 2.25. The molecule has 27 heavy (non-hydrogen) atoms. The number of benzene rings is 2. The monoisotopic (exact) mass is 408 g/mol. The minimum atomic E-state index is -3.59. The molecule has 2 aromatic carbocycles. The Balaban J connectivity index is 2.12. The number of rotatable bonds is 7. The average molecular weight is 409 g/mol. The van der Waals surface area contributed by atoms with Crippen LogP contribution in [0.3, 0.4) is 0 Å². The molecule has 2 aromatic rings. The van der Waals surface area contributed by atoms with Crippen molar-refractivity contribution < 1.29 is 13.2 Å². The molecule has 0 saturated heterocycles. The summed E-state index contributed by atoms with van der Waals surface area (Å²) in [5, 5.41) is 3.48. The van der Waals surface area contributed by atoms with Crippen LogP contribution in [-0.2, 0) is 20.2 Å². The molecule has 0 aliphatic heterocycles. The summed E-state index contributed by atoms with van der Waals surface area (Å²) in [5.74, 6) is -0.362. The van der Waals surface area contributed by atoms with Crippen LogP contribution in [0.4, 0.5) is 5.69 Å². The Morgan fingerprint density at radius 2 is 1.81 bits per heavy atom. The molecular weight excluding hydrogens is 384 g/mol. The highest BCUT2D eigenvalue weighted by atomic mass is 35.5. The van der Waals surface area contributed by atoms with Crippen molar-refractivity contribution in [1.82, 2.24) is 5.32 Å². The SMILES string of the molecule is Cc1ccccc1N(CC(=O)NCC(C)(C)c1cccc(Cl)c1)S(C)(=O)=O. The maximum atomic E-state index is 12.5. The number of carbonyl (C=O) groups is 1. The zero-order valence-electron chi connectivity index (χ0n) is 16.0. The van der Waals surface area contributed by atoms with Crippen LogP contribution in [0.15, 0.2) is 48.5 Å². The van der Waals surface area contributed by atoms with E-state index in [9.17, 15) is 13.2 Å². The van der Waals surface area contributed by atoms with Crippen LogP contribution in [-0.4, -0.2) is 33.7 Å². The Kier molecular flexibility index (Phi) is 6.54. The van der Waals surface area contributed by atoms with E-state index >= 15 is 0 Å². The first-order valence-corrected chi connectivity index (χ1v) is 10.8. The van der Waals surface area contributed by atoms with E-state index in [0.717, 1.165) is 21.7 Å². The first-order chi connectivity index (χ1) is 12.5. The number of anilines is 1. The zero-order valence-corrected chi connectivity index (χ0v) is 17.6. The Hall–Kier alpha value is -2.05. The topological polar surface area (TPSA) is 66.5 Å². The molecule has 1 amide bonds. The van der Waals surface area contributed by atoms with Crippen molar-refractivity contribution in [2.24, 2.45) is 0 Å². The maximum Gasteiger partial charge on any atom is 0.240 e. The number of hydrogen-bond donors (Lipinski definition) is 1. The van der Waals surface area contributed by atoms with Crippen molar-refractivity contribution in [3.63, 3.8) is 0 Å². The van der Waals surface area contributed by atoms with Gasteiger partial charge in [0.05, 0.1) is 11.9 Å². The van der Waals surface area contributed by atoms with Gasteiger partial charge in [0.2, 0.25) is 15.9 Å². The number of hydrogen-bond acceptors (Lipinski definition) is 3. The van der Waals surface area contributed by atoms with Crippen LogP contribution in [0.5, 0.6) is 0 Å². The average Bonchev–Trinajstić information content (AvgIpc) is 2.58. The van der Waals surface area contributed by atoms with Gasteiger partial charge in [-0.05, 0) is 36.2 Å². The first-order valence-electron chi connectivity index (χ1n) is 8.57. The molecule has 0 spiro atoms. The van der Waals surface area contributed by atoms with Gasteiger partial charge in [0.1, 0.15) is 6.54 Å². The maximum absolute atomic E-state index is 12.5. The molecule has 0 aromatic heterocycles. The van der Waals surface area contributed by atoms with Gasteiger partial charge in [0, 0.05) is 17.0 Å². The van der Waals surface area contributed by atoms with Gasteiger partial charge >= 0.3 is 0 Å². The molecule has 146 valence electrons. The van der Waals surface area contributed by atoms with Gasteiger partial charge < -0.3 is 5.32 Å². The van der Waals surface area contributed by atoms with Gasteiger partial charge in [0.15, 0.2) is 0 Å². The Morgan fingerprint density at radius 1 is 1.15 bits per heavy atom. The number of halogens is 1.